The van der Waals surface area contributed by atoms with Gasteiger partial charge in [0.05, 0.1) is 12.9 Å². The Balaban J connectivity index is 1.41. The van der Waals surface area contributed by atoms with Gasteiger partial charge in [0, 0.05) is 18.3 Å². The van der Waals surface area contributed by atoms with Crippen molar-refractivity contribution in [3.8, 4) is 17.1 Å². The van der Waals surface area contributed by atoms with Gasteiger partial charge in [0.1, 0.15) is 16.8 Å². The number of nitrogens with zero attached hydrogens (tertiary/aromatic N) is 5. The van der Waals surface area contributed by atoms with E-state index in [9.17, 15) is 4.79 Å². The minimum Gasteiger partial charge on any atom is -0.497 e. The first kappa shape index (κ1) is 18.0. The predicted octanol–water partition coefficient (Wildman–Crippen LogP) is 2.76. The molecule has 1 N–H and O–H groups in total. The molecule has 2 heterocycles. The zero-order valence-corrected chi connectivity index (χ0v) is 15.9. The topological polar surface area (TPSA) is 108 Å². The van der Waals surface area contributed by atoms with E-state index >= 15 is 0 Å². The predicted molar refractivity (Wildman–Crippen MR) is 104 cm³/mol. The zero-order chi connectivity index (χ0) is 19.5. The summed E-state index contributed by atoms with van der Waals surface area (Å²) < 4.78 is 11.7. The molecular weight excluding hydrogens is 380 g/mol. The van der Waals surface area contributed by atoms with Crippen molar-refractivity contribution in [2.45, 2.75) is 5.16 Å². The number of ether oxygens (including phenoxy) is 1. The van der Waals surface area contributed by atoms with E-state index in [0.717, 1.165) is 11.3 Å². The molecule has 9 nitrogen and oxygen atoms in total. The van der Waals surface area contributed by atoms with Gasteiger partial charge in [-0.3, -0.25) is 4.79 Å². The molecule has 0 aliphatic rings. The first-order valence-electron chi connectivity index (χ1n) is 8.33. The van der Waals surface area contributed by atoms with Gasteiger partial charge in [0.2, 0.25) is 5.91 Å². The van der Waals surface area contributed by atoms with E-state index in [4.69, 9.17) is 9.37 Å². The number of nitrogens with one attached hydrogen (secondary N) is 1. The van der Waals surface area contributed by atoms with Crippen LogP contribution in [0, 0.1) is 0 Å². The minimum absolute atomic E-state index is 0.130. The number of amides is 1. The summed E-state index contributed by atoms with van der Waals surface area (Å²) in [5, 5.41) is 19.5. The molecule has 0 atom stereocenters. The maximum atomic E-state index is 12.2. The van der Waals surface area contributed by atoms with Gasteiger partial charge in [-0.25, -0.2) is 4.63 Å². The average molecular weight is 396 g/mol. The molecule has 0 unspecified atom stereocenters. The molecule has 142 valence electrons. The maximum absolute atomic E-state index is 12.2. The van der Waals surface area contributed by atoms with Gasteiger partial charge in [-0.05, 0) is 52.8 Å². The first-order chi connectivity index (χ1) is 13.6. The second-order valence-electron chi connectivity index (χ2n) is 5.90. The van der Waals surface area contributed by atoms with Crippen LogP contribution in [0.1, 0.15) is 0 Å². The van der Waals surface area contributed by atoms with Gasteiger partial charge in [0.25, 0.3) is 0 Å². The van der Waals surface area contributed by atoms with Crippen LogP contribution in [0.25, 0.3) is 22.4 Å². The Morgan fingerprint density at radius 3 is 2.71 bits per heavy atom. The fourth-order valence-electron chi connectivity index (χ4n) is 2.61. The maximum Gasteiger partial charge on any atom is 0.234 e. The number of thioether (sulfide) groups is 1. The molecule has 0 radical (unpaired) electrons. The molecule has 10 heteroatoms. The number of rotatable bonds is 6. The molecule has 0 saturated carbocycles. The smallest absolute Gasteiger partial charge is 0.234 e. The molecule has 0 bridgehead atoms. The zero-order valence-electron chi connectivity index (χ0n) is 15.1. The molecule has 2 aromatic carbocycles. The number of hydrogen-bond donors (Lipinski definition) is 1. The highest BCUT2D eigenvalue weighted by Crippen LogP contribution is 2.25. The van der Waals surface area contributed by atoms with Crippen LogP contribution in [0.15, 0.2) is 52.3 Å². The third-order valence-corrected chi connectivity index (χ3v) is 5.07. The number of carbonyl (C=O) groups excluding carboxylic acids is 1. The fraction of sp³-hybridized carbons (Fsp3) is 0.167. The molecule has 28 heavy (non-hydrogen) atoms. The van der Waals surface area contributed by atoms with Crippen LogP contribution < -0.4 is 10.1 Å². The Hall–Kier alpha value is -3.40. The molecule has 0 saturated heterocycles. The van der Waals surface area contributed by atoms with Gasteiger partial charge < -0.3 is 14.6 Å². The van der Waals surface area contributed by atoms with Crippen molar-refractivity contribution in [2.24, 2.45) is 7.05 Å². The molecule has 0 aliphatic heterocycles. The van der Waals surface area contributed by atoms with E-state index in [1.807, 2.05) is 29.8 Å². The molecule has 4 rings (SSSR count). The summed E-state index contributed by atoms with van der Waals surface area (Å²) in [6.07, 6.45) is 0. The van der Waals surface area contributed by atoms with E-state index in [-0.39, 0.29) is 11.7 Å². The Morgan fingerprint density at radius 1 is 1.14 bits per heavy atom. The number of benzene rings is 2. The van der Waals surface area contributed by atoms with Crippen LogP contribution in [0.2, 0.25) is 0 Å². The summed E-state index contributed by atoms with van der Waals surface area (Å²) in [6, 6.07) is 12.7. The molecule has 1 amide bonds. The summed E-state index contributed by atoms with van der Waals surface area (Å²) >= 11 is 1.31. The number of fused-ring (bicyclic) bond motifs is 1. The third-order valence-electron chi connectivity index (χ3n) is 4.05. The summed E-state index contributed by atoms with van der Waals surface area (Å²) in [4.78, 5) is 12.2. The second-order valence-corrected chi connectivity index (χ2v) is 6.84. The van der Waals surface area contributed by atoms with Crippen molar-refractivity contribution in [2.75, 3.05) is 18.2 Å². The molecular formula is C18H16N6O3S. The highest BCUT2D eigenvalue weighted by molar-refractivity contribution is 7.99. The average Bonchev–Trinajstić information content (AvgIpc) is 3.32. The Bertz CT molecular complexity index is 1120. The summed E-state index contributed by atoms with van der Waals surface area (Å²) in [7, 11) is 3.45. The van der Waals surface area contributed by atoms with E-state index in [1.54, 1.807) is 31.4 Å². The van der Waals surface area contributed by atoms with Crippen LogP contribution in [0.3, 0.4) is 0 Å². The van der Waals surface area contributed by atoms with Gasteiger partial charge in [0.15, 0.2) is 11.0 Å². The van der Waals surface area contributed by atoms with Crippen LogP contribution >= 0.6 is 11.8 Å². The number of anilines is 1. The second kappa shape index (κ2) is 7.69. The van der Waals surface area contributed by atoms with Crippen molar-refractivity contribution in [1.82, 2.24) is 25.1 Å². The largest absolute Gasteiger partial charge is 0.497 e. The number of carbonyl (C=O) groups is 1. The van der Waals surface area contributed by atoms with Gasteiger partial charge in [-0.1, -0.05) is 11.8 Å². The van der Waals surface area contributed by atoms with Crippen LogP contribution in [-0.2, 0) is 11.8 Å². The minimum atomic E-state index is -0.130. The van der Waals surface area contributed by atoms with Crippen LogP contribution in [0.5, 0.6) is 5.75 Å². The van der Waals surface area contributed by atoms with Crippen LogP contribution in [-0.4, -0.2) is 43.8 Å². The normalized spacial score (nSPS) is 10.9. The van der Waals surface area contributed by atoms with Crippen molar-refractivity contribution in [1.29, 1.82) is 0 Å². The van der Waals surface area contributed by atoms with E-state index in [1.165, 1.54) is 11.8 Å². The standard InChI is InChI=1S/C18H16N6O3S/c1-24-17(11-3-8-14-15(9-11)23-27-22-14)20-21-18(24)28-10-16(25)19-12-4-6-13(26-2)7-5-12/h3-9H,10H2,1-2H3,(H,19,25). The van der Waals surface area contributed by atoms with E-state index < -0.39 is 0 Å². The van der Waals surface area contributed by atoms with Gasteiger partial charge >= 0.3 is 0 Å². The molecule has 0 spiro atoms. The number of methoxy groups -OCH3 is 1. The third kappa shape index (κ3) is 3.67. The fourth-order valence-corrected chi connectivity index (χ4v) is 3.33. The summed E-state index contributed by atoms with van der Waals surface area (Å²) in [5.41, 5.74) is 2.87. The lowest BCUT2D eigenvalue weighted by Crippen LogP contribution is -2.14. The van der Waals surface area contributed by atoms with Gasteiger partial charge in [-0.2, -0.15) is 0 Å². The highest BCUT2D eigenvalue weighted by atomic mass is 32.2. The monoisotopic (exact) mass is 396 g/mol. The lowest BCUT2D eigenvalue weighted by Gasteiger charge is -2.06. The van der Waals surface area contributed by atoms with E-state index in [2.05, 4.69) is 25.8 Å². The summed E-state index contributed by atoms with van der Waals surface area (Å²) in [6.45, 7) is 0. The first-order valence-corrected chi connectivity index (χ1v) is 9.31. The number of aromatic nitrogens is 5. The lowest BCUT2D eigenvalue weighted by molar-refractivity contribution is -0.113. The SMILES string of the molecule is COc1ccc(NC(=O)CSc2nnc(-c3ccc4nonc4c3)n2C)cc1. The Kier molecular flexibility index (Phi) is 4.94. The lowest BCUT2D eigenvalue weighted by atomic mass is 10.2. The van der Waals surface area contributed by atoms with Crippen molar-refractivity contribution >= 4 is 34.4 Å². The van der Waals surface area contributed by atoms with Crippen LogP contribution in [0.4, 0.5) is 5.69 Å². The number of hydrogen-bond acceptors (Lipinski definition) is 8. The van der Waals surface area contributed by atoms with E-state index in [0.29, 0.717) is 27.7 Å². The quantitative estimate of drug-likeness (QED) is 0.496. The molecule has 4 aromatic rings. The Labute approximate surface area is 164 Å². The van der Waals surface area contributed by atoms with Crippen molar-refractivity contribution in [3.63, 3.8) is 0 Å². The molecule has 0 aliphatic carbocycles. The van der Waals surface area contributed by atoms with Crippen molar-refractivity contribution in [3.05, 3.63) is 42.5 Å². The summed E-state index contributed by atoms with van der Waals surface area (Å²) in [5.74, 6) is 1.49. The Morgan fingerprint density at radius 2 is 1.93 bits per heavy atom. The van der Waals surface area contributed by atoms with Crippen molar-refractivity contribution < 1.29 is 14.2 Å². The molecule has 2 aromatic heterocycles. The van der Waals surface area contributed by atoms with Gasteiger partial charge in [-0.15, -0.1) is 10.2 Å². The molecule has 0 fully saturated rings. The highest BCUT2D eigenvalue weighted by Gasteiger charge is 2.14.